The summed E-state index contributed by atoms with van der Waals surface area (Å²) in [5.41, 5.74) is 2.29. The highest BCUT2D eigenvalue weighted by Crippen LogP contribution is 2.35. The van der Waals surface area contributed by atoms with Crippen molar-refractivity contribution >= 4 is 5.78 Å². The molecule has 0 radical (unpaired) electrons. The quantitative estimate of drug-likeness (QED) is 0.939. The normalized spacial score (nSPS) is 25.0. The monoisotopic (exact) mass is 295 g/mol. The smallest absolute Gasteiger partial charge is 0.139 e. The van der Waals surface area contributed by atoms with Crippen LogP contribution in [0.5, 0.6) is 5.75 Å². The third kappa shape index (κ3) is 2.90. The fraction of sp³-hybridized carbons (Fsp3) is 0.316. The summed E-state index contributed by atoms with van der Waals surface area (Å²) in [6, 6.07) is 18.3. The van der Waals surface area contributed by atoms with Gasteiger partial charge in [-0.05, 0) is 23.3 Å². The Labute approximate surface area is 131 Å². The standard InChI is InChI=1S/C19H21NO2/c1-13-18(21)12-17(14-6-4-3-5-7-14)20-19(13)15-8-10-16(22-2)11-9-15/h3-11,13,17,19-20H,12H2,1-2H3/t13-,17-,19-/m1/s1. The lowest BCUT2D eigenvalue weighted by Crippen LogP contribution is -2.41. The van der Waals surface area contributed by atoms with Gasteiger partial charge in [-0.3, -0.25) is 4.79 Å². The predicted molar refractivity (Wildman–Crippen MR) is 86.8 cm³/mol. The topological polar surface area (TPSA) is 38.3 Å². The van der Waals surface area contributed by atoms with Crippen LogP contribution >= 0.6 is 0 Å². The molecule has 0 saturated carbocycles. The van der Waals surface area contributed by atoms with E-state index in [2.05, 4.69) is 17.4 Å². The largest absolute Gasteiger partial charge is 0.497 e. The summed E-state index contributed by atoms with van der Waals surface area (Å²) in [5.74, 6) is 1.12. The lowest BCUT2D eigenvalue weighted by atomic mass is 9.82. The van der Waals surface area contributed by atoms with Crippen molar-refractivity contribution in [2.45, 2.75) is 25.4 Å². The van der Waals surface area contributed by atoms with Crippen LogP contribution in [0.3, 0.4) is 0 Å². The van der Waals surface area contributed by atoms with Crippen molar-refractivity contribution in [2.24, 2.45) is 5.92 Å². The van der Waals surface area contributed by atoms with Crippen LogP contribution in [0.2, 0.25) is 0 Å². The zero-order chi connectivity index (χ0) is 15.5. The number of Topliss-reactive ketones (excluding diaryl/α,β-unsaturated/α-hetero) is 1. The Morgan fingerprint density at radius 2 is 1.68 bits per heavy atom. The van der Waals surface area contributed by atoms with Gasteiger partial charge in [-0.2, -0.15) is 0 Å². The summed E-state index contributed by atoms with van der Waals surface area (Å²) in [6.07, 6.45) is 0.553. The molecule has 1 saturated heterocycles. The second-order valence-electron chi connectivity index (χ2n) is 5.84. The van der Waals surface area contributed by atoms with E-state index in [-0.39, 0.29) is 18.0 Å². The number of methoxy groups -OCH3 is 1. The first-order chi connectivity index (χ1) is 10.7. The van der Waals surface area contributed by atoms with Gasteiger partial charge >= 0.3 is 0 Å². The van der Waals surface area contributed by atoms with E-state index in [4.69, 9.17) is 4.74 Å². The van der Waals surface area contributed by atoms with Crippen molar-refractivity contribution in [2.75, 3.05) is 7.11 Å². The van der Waals surface area contributed by atoms with Crippen molar-refractivity contribution < 1.29 is 9.53 Å². The van der Waals surface area contributed by atoms with Gasteiger partial charge in [-0.15, -0.1) is 0 Å². The lowest BCUT2D eigenvalue weighted by molar-refractivity contribution is -0.126. The third-order valence-corrected chi connectivity index (χ3v) is 4.47. The molecule has 3 nitrogen and oxygen atoms in total. The Hall–Kier alpha value is -2.13. The zero-order valence-electron chi connectivity index (χ0n) is 13.0. The first-order valence-corrected chi connectivity index (χ1v) is 7.66. The maximum absolute atomic E-state index is 12.4. The van der Waals surface area contributed by atoms with Crippen LogP contribution in [0, 0.1) is 5.92 Å². The van der Waals surface area contributed by atoms with Crippen LogP contribution in [0.4, 0.5) is 0 Å². The molecular weight excluding hydrogens is 274 g/mol. The van der Waals surface area contributed by atoms with E-state index in [0.717, 1.165) is 11.3 Å². The number of ether oxygens (including phenoxy) is 1. The summed E-state index contributed by atoms with van der Waals surface area (Å²) in [5, 5.41) is 3.64. The molecule has 0 amide bonds. The highest BCUT2D eigenvalue weighted by molar-refractivity contribution is 5.83. The fourth-order valence-electron chi connectivity index (χ4n) is 3.09. The number of carbonyl (C=O) groups excluding carboxylic acids is 1. The first kappa shape index (κ1) is 14.8. The zero-order valence-corrected chi connectivity index (χ0v) is 13.0. The van der Waals surface area contributed by atoms with E-state index < -0.39 is 0 Å². The minimum atomic E-state index is -0.0200. The number of piperidine rings is 1. The Morgan fingerprint density at radius 1 is 1.00 bits per heavy atom. The van der Waals surface area contributed by atoms with Gasteiger partial charge in [0.25, 0.3) is 0 Å². The second-order valence-corrected chi connectivity index (χ2v) is 5.84. The maximum atomic E-state index is 12.4. The van der Waals surface area contributed by atoms with Crippen LogP contribution in [0.15, 0.2) is 54.6 Å². The minimum absolute atomic E-state index is 0.0200. The molecule has 1 aliphatic heterocycles. The number of hydrogen-bond donors (Lipinski definition) is 1. The van der Waals surface area contributed by atoms with Crippen molar-refractivity contribution in [3.63, 3.8) is 0 Å². The number of carbonyl (C=O) groups is 1. The Balaban J connectivity index is 1.86. The van der Waals surface area contributed by atoms with Gasteiger partial charge in [0.05, 0.1) is 7.11 Å². The molecule has 0 aliphatic carbocycles. The molecule has 22 heavy (non-hydrogen) atoms. The van der Waals surface area contributed by atoms with Gasteiger partial charge in [0, 0.05) is 24.4 Å². The molecule has 3 heteroatoms. The number of hydrogen-bond acceptors (Lipinski definition) is 3. The SMILES string of the molecule is COc1ccc([C@@H]2N[C@@H](c3ccccc3)CC(=O)[C@H]2C)cc1. The molecule has 1 fully saturated rings. The van der Waals surface area contributed by atoms with Gasteiger partial charge in [0.2, 0.25) is 0 Å². The molecule has 1 heterocycles. The van der Waals surface area contributed by atoms with Crippen LogP contribution < -0.4 is 10.1 Å². The van der Waals surface area contributed by atoms with Gasteiger partial charge in [-0.25, -0.2) is 0 Å². The van der Waals surface area contributed by atoms with E-state index in [1.165, 1.54) is 5.56 Å². The predicted octanol–water partition coefficient (Wildman–Crippen LogP) is 3.68. The van der Waals surface area contributed by atoms with E-state index in [1.807, 2.05) is 49.4 Å². The summed E-state index contributed by atoms with van der Waals surface area (Å²) < 4.78 is 5.21. The Kier molecular flexibility index (Phi) is 4.25. The molecule has 2 aromatic rings. The molecule has 3 atom stereocenters. The Bertz CT molecular complexity index is 636. The van der Waals surface area contributed by atoms with Gasteiger partial charge in [0.15, 0.2) is 0 Å². The molecule has 3 rings (SSSR count). The van der Waals surface area contributed by atoms with Gasteiger partial charge in [-0.1, -0.05) is 49.4 Å². The van der Waals surface area contributed by atoms with E-state index in [9.17, 15) is 4.79 Å². The summed E-state index contributed by atoms with van der Waals surface area (Å²) in [7, 11) is 1.66. The highest BCUT2D eigenvalue weighted by Gasteiger charge is 2.34. The summed E-state index contributed by atoms with van der Waals surface area (Å²) in [6.45, 7) is 2.01. The molecule has 0 unspecified atom stereocenters. The number of ketones is 1. The molecule has 1 aliphatic rings. The first-order valence-electron chi connectivity index (χ1n) is 7.66. The molecule has 114 valence electrons. The maximum Gasteiger partial charge on any atom is 0.139 e. The molecular formula is C19H21NO2. The van der Waals surface area contributed by atoms with Crippen molar-refractivity contribution in [1.29, 1.82) is 0 Å². The second kappa shape index (κ2) is 6.32. The molecule has 0 spiro atoms. The Morgan fingerprint density at radius 3 is 2.32 bits per heavy atom. The van der Waals surface area contributed by atoms with Crippen molar-refractivity contribution in [3.05, 3.63) is 65.7 Å². The van der Waals surface area contributed by atoms with E-state index in [0.29, 0.717) is 12.2 Å². The van der Waals surface area contributed by atoms with Crippen LogP contribution in [0.25, 0.3) is 0 Å². The van der Waals surface area contributed by atoms with Crippen LogP contribution in [-0.4, -0.2) is 12.9 Å². The average Bonchev–Trinajstić information content (AvgIpc) is 2.58. The van der Waals surface area contributed by atoms with Gasteiger partial charge in [0.1, 0.15) is 11.5 Å². The van der Waals surface area contributed by atoms with Crippen molar-refractivity contribution in [1.82, 2.24) is 5.32 Å². The minimum Gasteiger partial charge on any atom is -0.497 e. The summed E-state index contributed by atoms with van der Waals surface area (Å²) in [4.78, 5) is 12.4. The van der Waals surface area contributed by atoms with Gasteiger partial charge < -0.3 is 10.1 Å². The number of benzene rings is 2. The molecule has 1 N–H and O–H groups in total. The number of nitrogens with one attached hydrogen (secondary N) is 1. The van der Waals surface area contributed by atoms with Crippen molar-refractivity contribution in [3.8, 4) is 5.75 Å². The fourth-order valence-corrected chi connectivity index (χ4v) is 3.09. The van der Waals surface area contributed by atoms with Crippen LogP contribution in [0.1, 0.15) is 36.6 Å². The lowest BCUT2D eigenvalue weighted by Gasteiger charge is -2.35. The van der Waals surface area contributed by atoms with Crippen LogP contribution in [-0.2, 0) is 4.79 Å². The average molecular weight is 295 g/mol. The summed E-state index contributed by atoms with van der Waals surface area (Å²) >= 11 is 0. The highest BCUT2D eigenvalue weighted by atomic mass is 16.5. The molecule has 0 bridgehead atoms. The van der Waals surface area contributed by atoms with E-state index in [1.54, 1.807) is 7.11 Å². The third-order valence-electron chi connectivity index (χ3n) is 4.47. The van der Waals surface area contributed by atoms with E-state index >= 15 is 0 Å². The molecule has 2 aromatic carbocycles. The number of rotatable bonds is 3. The molecule has 0 aromatic heterocycles.